The molecular weight excluding hydrogens is 292 g/mol. The van der Waals surface area contributed by atoms with Crippen molar-refractivity contribution in [2.75, 3.05) is 0 Å². The second-order valence-corrected chi connectivity index (χ2v) is 5.22. The molecule has 1 aromatic heterocycles. The van der Waals surface area contributed by atoms with E-state index in [0.717, 1.165) is 21.6 Å². The Kier molecular flexibility index (Phi) is 4.09. The van der Waals surface area contributed by atoms with Gasteiger partial charge >= 0.3 is 0 Å². The lowest BCUT2D eigenvalue weighted by atomic mass is 10.1. The lowest BCUT2D eigenvalue weighted by molar-refractivity contribution is 0.197. The molecule has 0 aliphatic heterocycles. The maximum atomic E-state index is 9.53. The molecule has 0 bridgehead atoms. The molecule has 1 aromatic carbocycles. The highest BCUT2D eigenvalue weighted by Crippen LogP contribution is 2.16. The maximum absolute atomic E-state index is 9.53. The molecular formula is C14H15BrN2O. The summed E-state index contributed by atoms with van der Waals surface area (Å²) in [7, 11) is 0. The molecule has 1 atom stereocenters. The van der Waals surface area contributed by atoms with Crippen LogP contribution < -0.4 is 0 Å². The first kappa shape index (κ1) is 13.2. The third-order valence-corrected chi connectivity index (χ3v) is 3.32. The highest BCUT2D eigenvalue weighted by Gasteiger charge is 2.08. The second kappa shape index (κ2) is 5.59. The number of hydrogen-bond donors (Lipinski definition) is 1. The quantitative estimate of drug-likeness (QED) is 0.947. The molecule has 0 radical (unpaired) electrons. The SMILES string of the molecule is Cc1nc(Cc2ccc(Br)cc2)ncc1[C@@H](C)O. The highest BCUT2D eigenvalue weighted by atomic mass is 79.9. The molecule has 0 aliphatic rings. The smallest absolute Gasteiger partial charge is 0.132 e. The van der Waals surface area contributed by atoms with Crippen molar-refractivity contribution in [2.45, 2.75) is 26.4 Å². The van der Waals surface area contributed by atoms with Crippen LogP contribution in [-0.4, -0.2) is 15.1 Å². The minimum Gasteiger partial charge on any atom is -0.389 e. The molecule has 1 N–H and O–H groups in total. The summed E-state index contributed by atoms with van der Waals surface area (Å²) in [5, 5.41) is 9.53. The molecule has 0 unspecified atom stereocenters. The van der Waals surface area contributed by atoms with Gasteiger partial charge in [-0.15, -0.1) is 0 Å². The van der Waals surface area contributed by atoms with Gasteiger partial charge < -0.3 is 5.11 Å². The molecule has 0 saturated heterocycles. The monoisotopic (exact) mass is 306 g/mol. The molecule has 2 aromatic rings. The van der Waals surface area contributed by atoms with Gasteiger partial charge in [-0.3, -0.25) is 0 Å². The average Bonchev–Trinajstić information content (AvgIpc) is 2.32. The molecule has 18 heavy (non-hydrogen) atoms. The Morgan fingerprint density at radius 2 is 1.94 bits per heavy atom. The lowest BCUT2D eigenvalue weighted by Crippen LogP contribution is -2.04. The largest absolute Gasteiger partial charge is 0.389 e. The van der Waals surface area contributed by atoms with Gasteiger partial charge in [-0.25, -0.2) is 9.97 Å². The molecule has 0 spiro atoms. The van der Waals surface area contributed by atoms with Gasteiger partial charge in [0.25, 0.3) is 0 Å². The van der Waals surface area contributed by atoms with E-state index < -0.39 is 6.10 Å². The number of aryl methyl sites for hydroxylation is 1. The van der Waals surface area contributed by atoms with Crippen molar-refractivity contribution in [3.05, 3.63) is 57.6 Å². The normalized spacial score (nSPS) is 12.4. The third kappa shape index (κ3) is 3.15. The minimum atomic E-state index is -0.522. The molecule has 1 heterocycles. The van der Waals surface area contributed by atoms with Crippen LogP contribution in [0.25, 0.3) is 0 Å². The van der Waals surface area contributed by atoms with Crippen LogP contribution in [0.2, 0.25) is 0 Å². The van der Waals surface area contributed by atoms with E-state index in [-0.39, 0.29) is 0 Å². The van der Waals surface area contributed by atoms with Gasteiger partial charge in [-0.05, 0) is 31.5 Å². The summed E-state index contributed by atoms with van der Waals surface area (Å²) in [6.07, 6.45) is 1.89. The summed E-state index contributed by atoms with van der Waals surface area (Å²) in [5.74, 6) is 0.777. The number of rotatable bonds is 3. The van der Waals surface area contributed by atoms with Crippen molar-refractivity contribution in [1.29, 1.82) is 0 Å². The van der Waals surface area contributed by atoms with Gasteiger partial charge in [0.2, 0.25) is 0 Å². The number of aromatic nitrogens is 2. The number of halogens is 1. The Balaban J connectivity index is 2.20. The number of aliphatic hydroxyl groups is 1. The van der Waals surface area contributed by atoms with E-state index in [1.807, 2.05) is 31.2 Å². The van der Waals surface area contributed by atoms with Crippen LogP contribution in [0.3, 0.4) is 0 Å². The fourth-order valence-corrected chi connectivity index (χ4v) is 2.07. The van der Waals surface area contributed by atoms with Crippen molar-refractivity contribution in [3.8, 4) is 0 Å². The van der Waals surface area contributed by atoms with Crippen molar-refractivity contribution in [3.63, 3.8) is 0 Å². The molecule has 0 amide bonds. The van der Waals surface area contributed by atoms with Crippen LogP contribution in [0.1, 0.15) is 35.7 Å². The lowest BCUT2D eigenvalue weighted by Gasteiger charge is -2.09. The van der Waals surface area contributed by atoms with Crippen LogP contribution in [0.5, 0.6) is 0 Å². The summed E-state index contributed by atoms with van der Waals surface area (Å²) < 4.78 is 1.06. The Hall–Kier alpha value is -1.26. The van der Waals surface area contributed by atoms with Crippen LogP contribution in [-0.2, 0) is 6.42 Å². The van der Waals surface area contributed by atoms with E-state index in [2.05, 4.69) is 25.9 Å². The van der Waals surface area contributed by atoms with Gasteiger partial charge in [0.05, 0.1) is 6.10 Å². The zero-order chi connectivity index (χ0) is 13.1. The number of nitrogens with zero attached hydrogens (tertiary/aromatic N) is 2. The number of benzene rings is 1. The fraction of sp³-hybridized carbons (Fsp3) is 0.286. The summed E-state index contributed by atoms with van der Waals surface area (Å²) in [4.78, 5) is 8.72. The topological polar surface area (TPSA) is 46.0 Å². The Morgan fingerprint density at radius 1 is 1.28 bits per heavy atom. The Labute approximate surface area is 115 Å². The average molecular weight is 307 g/mol. The molecule has 3 nitrogen and oxygen atoms in total. The van der Waals surface area contributed by atoms with Crippen LogP contribution in [0.15, 0.2) is 34.9 Å². The van der Waals surface area contributed by atoms with Gasteiger partial charge in [0.15, 0.2) is 0 Å². The highest BCUT2D eigenvalue weighted by molar-refractivity contribution is 9.10. The Morgan fingerprint density at radius 3 is 2.50 bits per heavy atom. The van der Waals surface area contributed by atoms with E-state index >= 15 is 0 Å². The van der Waals surface area contributed by atoms with E-state index in [9.17, 15) is 5.11 Å². The van der Waals surface area contributed by atoms with Crippen molar-refractivity contribution >= 4 is 15.9 Å². The standard InChI is InChI=1S/C14H15BrN2O/c1-9-13(10(2)18)8-16-14(17-9)7-11-3-5-12(15)6-4-11/h3-6,8,10,18H,7H2,1-2H3/t10-/m1/s1. The summed E-state index contributed by atoms with van der Waals surface area (Å²) in [5.41, 5.74) is 2.80. The third-order valence-electron chi connectivity index (χ3n) is 2.79. The van der Waals surface area contributed by atoms with Crippen LogP contribution >= 0.6 is 15.9 Å². The molecule has 94 valence electrons. The first-order valence-corrected chi connectivity index (χ1v) is 6.60. The summed E-state index contributed by atoms with van der Waals surface area (Å²) >= 11 is 3.41. The second-order valence-electron chi connectivity index (χ2n) is 4.31. The van der Waals surface area contributed by atoms with Gasteiger partial charge in [-0.1, -0.05) is 28.1 Å². The zero-order valence-corrected chi connectivity index (χ0v) is 12.0. The van der Waals surface area contributed by atoms with E-state index in [4.69, 9.17) is 0 Å². The molecule has 0 saturated carbocycles. The first-order chi connectivity index (χ1) is 8.56. The van der Waals surface area contributed by atoms with E-state index in [1.165, 1.54) is 5.56 Å². The van der Waals surface area contributed by atoms with Crippen LogP contribution in [0.4, 0.5) is 0 Å². The van der Waals surface area contributed by atoms with Crippen molar-refractivity contribution in [1.82, 2.24) is 9.97 Å². The summed E-state index contributed by atoms with van der Waals surface area (Å²) in [6.45, 7) is 3.62. The minimum absolute atomic E-state index is 0.522. The van der Waals surface area contributed by atoms with Crippen molar-refractivity contribution in [2.24, 2.45) is 0 Å². The first-order valence-electron chi connectivity index (χ1n) is 5.81. The van der Waals surface area contributed by atoms with Gasteiger partial charge in [0, 0.05) is 28.3 Å². The predicted molar refractivity (Wildman–Crippen MR) is 74.4 cm³/mol. The molecule has 2 rings (SSSR count). The van der Waals surface area contributed by atoms with E-state index in [1.54, 1.807) is 13.1 Å². The predicted octanol–water partition coefficient (Wildman–Crippen LogP) is 3.19. The van der Waals surface area contributed by atoms with Crippen molar-refractivity contribution < 1.29 is 5.11 Å². The fourth-order valence-electron chi connectivity index (χ4n) is 1.80. The molecule has 0 aliphatic carbocycles. The number of hydrogen-bond acceptors (Lipinski definition) is 3. The zero-order valence-electron chi connectivity index (χ0n) is 10.4. The van der Waals surface area contributed by atoms with Gasteiger partial charge in [-0.2, -0.15) is 0 Å². The summed E-state index contributed by atoms with van der Waals surface area (Å²) in [6, 6.07) is 8.11. The van der Waals surface area contributed by atoms with E-state index in [0.29, 0.717) is 6.42 Å². The van der Waals surface area contributed by atoms with Gasteiger partial charge in [0.1, 0.15) is 5.82 Å². The Bertz CT molecular complexity index is 538. The number of aliphatic hydroxyl groups excluding tert-OH is 1. The maximum Gasteiger partial charge on any atom is 0.132 e. The van der Waals surface area contributed by atoms with Crippen LogP contribution in [0, 0.1) is 6.92 Å². The molecule has 4 heteroatoms. The molecule has 0 fully saturated rings.